The predicted octanol–water partition coefficient (Wildman–Crippen LogP) is 4.30. The van der Waals surface area contributed by atoms with Gasteiger partial charge in [0.2, 0.25) is 0 Å². The average molecular weight is 310 g/mol. The Labute approximate surface area is 135 Å². The van der Waals surface area contributed by atoms with Crippen molar-refractivity contribution < 1.29 is 4.74 Å². The first kappa shape index (κ1) is 14.7. The highest BCUT2D eigenvalue weighted by molar-refractivity contribution is 8.14. The first-order valence-corrected chi connectivity index (χ1v) is 8.26. The number of ether oxygens (including phenoxy) is 1. The third kappa shape index (κ3) is 4.40. The van der Waals surface area contributed by atoms with Crippen LogP contribution in [0.25, 0.3) is 0 Å². The highest BCUT2D eigenvalue weighted by Gasteiger charge is 2.08. The Morgan fingerprint density at radius 1 is 1.09 bits per heavy atom. The van der Waals surface area contributed by atoms with Gasteiger partial charge in [-0.05, 0) is 17.7 Å². The summed E-state index contributed by atoms with van der Waals surface area (Å²) >= 11 is 1.76. The largest absolute Gasteiger partial charge is 0.474 e. The van der Waals surface area contributed by atoms with Crippen LogP contribution in [0.4, 0.5) is 5.69 Å². The van der Waals surface area contributed by atoms with Crippen molar-refractivity contribution in [3.05, 3.63) is 78.2 Å². The summed E-state index contributed by atoms with van der Waals surface area (Å²) in [7, 11) is 0. The third-order valence-corrected chi connectivity index (χ3v) is 4.07. The molecule has 0 fully saturated rings. The van der Waals surface area contributed by atoms with E-state index in [0.717, 1.165) is 34.5 Å². The van der Waals surface area contributed by atoms with Gasteiger partial charge in [-0.1, -0.05) is 48.5 Å². The van der Waals surface area contributed by atoms with Gasteiger partial charge in [0.1, 0.15) is 6.61 Å². The zero-order valence-corrected chi connectivity index (χ0v) is 13.1. The minimum absolute atomic E-state index is 0.532. The Hall–Kier alpha value is -2.20. The van der Waals surface area contributed by atoms with E-state index >= 15 is 0 Å². The van der Waals surface area contributed by atoms with Crippen LogP contribution in [0.1, 0.15) is 5.56 Å². The van der Waals surface area contributed by atoms with Crippen LogP contribution in [0.15, 0.2) is 77.6 Å². The molecule has 2 aromatic rings. The number of nitrogens with one attached hydrogen (secondary N) is 1. The van der Waals surface area contributed by atoms with Gasteiger partial charge in [-0.2, -0.15) is 0 Å². The Morgan fingerprint density at radius 2 is 1.82 bits per heavy atom. The number of para-hydroxylation sites is 1. The molecule has 22 heavy (non-hydrogen) atoms. The fourth-order valence-corrected chi connectivity index (χ4v) is 2.83. The third-order valence-electron chi connectivity index (χ3n) is 3.14. The standard InChI is InChI=1S/C18H18N2OS/c1-3-7-15(8-4-1)14-21-17(13-18-19-11-12-22-18)20-16-9-5-2-6-10-16/h1-10,13,20H,11-12,14H2. The second kappa shape index (κ2) is 7.71. The molecule has 0 radical (unpaired) electrons. The maximum Gasteiger partial charge on any atom is 0.194 e. The van der Waals surface area contributed by atoms with Crippen molar-refractivity contribution in [1.29, 1.82) is 0 Å². The molecule has 112 valence electrons. The summed E-state index contributed by atoms with van der Waals surface area (Å²) in [5.74, 6) is 1.77. The fraction of sp³-hybridized carbons (Fsp3) is 0.167. The number of aliphatic imine (C=N–C) groups is 1. The van der Waals surface area contributed by atoms with Gasteiger partial charge < -0.3 is 10.1 Å². The zero-order chi connectivity index (χ0) is 15.0. The number of benzene rings is 2. The minimum Gasteiger partial charge on any atom is -0.474 e. The molecule has 0 spiro atoms. The summed E-state index contributed by atoms with van der Waals surface area (Å²) in [6.45, 7) is 1.41. The van der Waals surface area contributed by atoms with Crippen LogP contribution >= 0.6 is 11.8 Å². The minimum atomic E-state index is 0.532. The van der Waals surface area contributed by atoms with Crippen molar-refractivity contribution in [3.63, 3.8) is 0 Å². The lowest BCUT2D eigenvalue weighted by atomic mass is 10.2. The predicted molar refractivity (Wildman–Crippen MR) is 94.1 cm³/mol. The lowest BCUT2D eigenvalue weighted by Crippen LogP contribution is -2.06. The highest BCUT2D eigenvalue weighted by Crippen LogP contribution is 2.17. The van der Waals surface area contributed by atoms with E-state index in [2.05, 4.69) is 22.4 Å². The summed E-state index contributed by atoms with van der Waals surface area (Å²) in [4.78, 5) is 4.46. The van der Waals surface area contributed by atoms with Crippen molar-refractivity contribution in [3.8, 4) is 0 Å². The van der Waals surface area contributed by atoms with Crippen molar-refractivity contribution in [2.24, 2.45) is 4.99 Å². The second-order valence-corrected chi connectivity index (χ2v) is 5.96. The van der Waals surface area contributed by atoms with E-state index in [1.165, 1.54) is 0 Å². The van der Waals surface area contributed by atoms with Crippen LogP contribution in [-0.4, -0.2) is 17.3 Å². The molecular formula is C18H18N2OS. The number of rotatable bonds is 6. The molecule has 1 aliphatic heterocycles. The summed E-state index contributed by atoms with van der Waals surface area (Å²) in [6.07, 6.45) is 1.98. The Bertz CT molecular complexity index is 653. The topological polar surface area (TPSA) is 33.6 Å². The van der Waals surface area contributed by atoms with Crippen LogP contribution in [0, 0.1) is 0 Å². The van der Waals surface area contributed by atoms with Gasteiger partial charge in [0, 0.05) is 24.1 Å². The molecule has 1 heterocycles. The van der Waals surface area contributed by atoms with Crippen LogP contribution in [0.2, 0.25) is 0 Å². The van der Waals surface area contributed by atoms with Crippen LogP contribution in [0.3, 0.4) is 0 Å². The van der Waals surface area contributed by atoms with E-state index < -0.39 is 0 Å². The maximum atomic E-state index is 5.95. The van der Waals surface area contributed by atoms with E-state index in [1.807, 2.05) is 54.6 Å². The van der Waals surface area contributed by atoms with Gasteiger partial charge in [-0.25, -0.2) is 0 Å². The maximum absolute atomic E-state index is 5.95. The smallest absolute Gasteiger partial charge is 0.194 e. The average Bonchev–Trinajstić information content (AvgIpc) is 3.08. The molecule has 4 heteroatoms. The summed E-state index contributed by atoms with van der Waals surface area (Å²) < 4.78 is 5.95. The van der Waals surface area contributed by atoms with E-state index in [0.29, 0.717) is 6.61 Å². The zero-order valence-electron chi connectivity index (χ0n) is 12.2. The normalized spacial score (nSPS) is 14.5. The molecule has 0 atom stereocenters. The van der Waals surface area contributed by atoms with Gasteiger partial charge in [-0.15, -0.1) is 11.8 Å². The number of hydrogen-bond donors (Lipinski definition) is 1. The quantitative estimate of drug-likeness (QED) is 0.808. The van der Waals surface area contributed by atoms with Gasteiger partial charge in [0.05, 0.1) is 5.04 Å². The second-order valence-electron chi connectivity index (χ2n) is 4.84. The van der Waals surface area contributed by atoms with E-state index in [4.69, 9.17) is 4.74 Å². The molecule has 1 aliphatic rings. The number of thioether (sulfide) groups is 1. The Kier molecular flexibility index (Phi) is 5.16. The molecule has 0 aromatic heterocycles. The van der Waals surface area contributed by atoms with Gasteiger partial charge in [0.25, 0.3) is 0 Å². The molecule has 0 aliphatic carbocycles. The van der Waals surface area contributed by atoms with Gasteiger partial charge in [-0.3, -0.25) is 4.99 Å². The summed E-state index contributed by atoms with van der Waals surface area (Å²) in [5, 5.41) is 4.34. The van der Waals surface area contributed by atoms with Crippen molar-refractivity contribution in [2.45, 2.75) is 6.61 Å². The Morgan fingerprint density at radius 3 is 2.50 bits per heavy atom. The van der Waals surface area contributed by atoms with E-state index in [1.54, 1.807) is 11.8 Å². The molecule has 3 nitrogen and oxygen atoms in total. The highest BCUT2D eigenvalue weighted by atomic mass is 32.2. The molecule has 3 rings (SSSR count). The lowest BCUT2D eigenvalue weighted by Gasteiger charge is -2.13. The molecule has 1 N–H and O–H groups in total. The summed E-state index contributed by atoms with van der Waals surface area (Å²) in [5.41, 5.74) is 2.15. The molecule has 0 bridgehead atoms. The first-order chi connectivity index (χ1) is 10.9. The van der Waals surface area contributed by atoms with Crippen molar-refractivity contribution >= 4 is 22.5 Å². The molecule has 0 saturated carbocycles. The van der Waals surface area contributed by atoms with Crippen molar-refractivity contribution in [1.82, 2.24) is 0 Å². The van der Waals surface area contributed by atoms with Crippen LogP contribution < -0.4 is 5.32 Å². The van der Waals surface area contributed by atoms with Crippen molar-refractivity contribution in [2.75, 3.05) is 17.6 Å². The number of anilines is 1. The molecule has 0 saturated heterocycles. The fourth-order valence-electron chi connectivity index (χ4n) is 2.06. The Balaban J connectivity index is 1.71. The number of nitrogens with zero attached hydrogens (tertiary/aromatic N) is 1. The van der Waals surface area contributed by atoms with Gasteiger partial charge >= 0.3 is 0 Å². The van der Waals surface area contributed by atoms with E-state index in [-0.39, 0.29) is 0 Å². The van der Waals surface area contributed by atoms with Crippen LogP contribution in [0.5, 0.6) is 0 Å². The molecule has 0 amide bonds. The molecular weight excluding hydrogens is 292 g/mol. The number of hydrogen-bond acceptors (Lipinski definition) is 4. The monoisotopic (exact) mass is 310 g/mol. The lowest BCUT2D eigenvalue weighted by molar-refractivity contribution is 0.204. The van der Waals surface area contributed by atoms with Crippen LogP contribution in [-0.2, 0) is 11.3 Å². The SMILES string of the molecule is C(=C(Nc1ccccc1)OCc1ccccc1)C1=NCCS1. The van der Waals surface area contributed by atoms with Gasteiger partial charge in [0.15, 0.2) is 5.88 Å². The van der Waals surface area contributed by atoms with E-state index in [9.17, 15) is 0 Å². The molecule has 2 aromatic carbocycles. The summed E-state index contributed by atoms with van der Waals surface area (Å²) in [6, 6.07) is 20.2. The molecule has 0 unspecified atom stereocenters. The first-order valence-electron chi connectivity index (χ1n) is 7.28.